The van der Waals surface area contributed by atoms with Gasteiger partial charge in [0, 0.05) is 39.4 Å². The van der Waals surface area contributed by atoms with E-state index in [0.29, 0.717) is 5.56 Å². The SMILES string of the molecule is CN(C)C(=O)c1ccc(N2CCC[C@@H](N)C2)nc1. The predicted octanol–water partition coefficient (Wildman–Crippen LogP) is 0.711. The number of nitrogens with zero attached hydrogens (tertiary/aromatic N) is 3. The summed E-state index contributed by atoms with van der Waals surface area (Å²) in [4.78, 5) is 19.8. The van der Waals surface area contributed by atoms with Crippen molar-refractivity contribution in [1.82, 2.24) is 9.88 Å². The summed E-state index contributed by atoms with van der Waals surface area (Å²) < 4.78 is 0. The fraction of sp³-hybridized carbons (Fsp3) is 0.538. The summed E-state index contributed by atoms with van der Waals surface area (Å²) in [5.74, 6) is 0.879. The van der Waals surface area contributed by atoms with Crippen molar-refractivity contribution in [2.24, 2.45) is 5.73 Å². The molecule has 0 bridgehead atoms. The number of anilines is 1. The number of rotatable bonds is 2. The molecule has 0 aliphatic carbocycles. The van der Waals surface area contributed by atoms with E-state index in [4.69, 9.17) is 5.73 Å². The smallest absolute Gasteiger partial charge is 0.254 e. The van der Waals surface area contributed by atoms with Gasteiger partial charge < -0.3 is 15.5 Å². The fourth-order valence-electron chi connectivity index (χ4n) is 2.18. The summed E-state index contributed by atoms with van der Waals surface area (Å²) in [7, 11) is 3.47. The van der Waals surface area contributed by atoms with E-state index in [0.717, 1.165) is 31.7 Å². The van der Waals surface area contributed by atoms with Crippen molar-refractivity contribution in [3.05, 3.63) is 23.9 Å². The van der Waals surface area contributed by atoms with Gasteiger partial charge in [-0.2, -0.15) is 0 Å². The molecular formula is C13H20N4O. The first kappa shape index (κ1) is 12.8. The van der Waals surface area contributed by atoms with Crippen molar-refractivity contribution < 1.29 is 4.79 Å². The fourth-order valence-corrected chi connectivity index (χ4v) is 2.18. The third kappa shape index (κ3) is 2.79. The van der Waals surface area contributed by atoms with Crippen molar-refractivity contribution in [2.75, 3.05) is 32.1 Å². The van der Waals surface area contributed by atoms with Crippen molar-refractivity contribution >= 4 is 11.7 Å². The van der Waals surface area contributed by atoms with E-state index < -0.39 is 0 Å². The normalized spacial score (nSPS) is 19.7. The van der Waals surface area contributed by atoms with Crippen LogP contribution in [0, 0.1) is 0 Å². The minimum atomic E-state index is -0.0237. The first-order chi connectivity index (χ1) is 8.58. The second kappa shape index (κ2) is 5.35. The number of hydrogen-bond acceptors (Lipinski definition) is 4. The Hall–Kier alpha value is -1.62. The molecule has 1 aromatic heterocycles. The Morgan fingerprint density at radius 2 is 2.28 bits per heavy atom. The van der Waals surface area contributed by atoms with E-state index >= 15 is 0 Å². The van der Waals surface area contributed by atoms with Gasteiger partial charge in [0.25, 0.3) is 5.91 Å². The van der Waals surface area contributed by atoms with Crippen LogP contribution in [0.15, 0.2) is 18.3 Å². The molecule has 5 heteroatoms. The lowest BCUT2D eigenvalue weighted by Gasteiger charge is -2.31. The molecule has 1 saturated heterocycles. The highest BCUT2D eigenvalue weighted by Crippen LogP contribution is 2.17. The van der Waals surface area contributed by atoms with Gasteiger partial charge in [0.1, 0.15) is 5.82 Å². The Bertz CT molecular complexity index is 416. The van der Waals surface area contributed by atoms with Gasteiger partial charge in [-0.15, -0.1) is 0 Å². The third-order valence-electron chi connectivity index (χ3n) is 3.18. The van der Waals surface area contributed by atoms with E-state index in [1.807, 2.05) is 12.1 Å². The lowest BCUT2D eigenvalue weighted by molar-refractivity contribution is 0.0827. The topological polar surface area (TPSA) is 62.5 Å². The van der Waals surface area contributed by atoms with Crippen LogP contribution in [0.4, 0.5) is 5.82 Å². The predicted molar refractivity (Wildman–Crippen MR) is 71.7 cm³/mol. The van der Waals surface area contributed by atoms with Crippen LogP contribution in [0.25, 0.3) is 0 Å². The maximum atomic E-state index is 11.7. The van der Waals surface area contributed by atoms with Crippen molar-refractivity contribution in [3.8, 4) is 0 Å². The Balaban J connectivity index is 2.10. The molecule has 2 heterocycles. The molecule has 0 saturated carbocycles. The maximum absolute atomic E-state index is 11.7. The quantitative estimate of drug-likeness (QED) is 0.837. The number of pyridine rings is 1. The average molecular weight is 248 g/mol. The molecule has 1 aliphatic heterocycles. The summed E-state index contributed by atoms with van der Waals surface area (Å²) in [5, 5.41) is 0. The Labute approximate surface area is 108 Å². The van der Waals surface area contributed by atoms with Crippen molar-refractivity contribution in [1.29, 1.82) is 0 Å². The summed E-state index contributed by atoms with van der Waals surface area (Å²) in [5.41, 5.74) is 6.57. The molecule has 1 amide bonds. The van der Waals surface area contributed by atoms with Gasteiger partial charge in [0.2, 0.25) is 0 Å². The first-order valence-electron chi connectivity index (χ1n) is 6.26. The molecule has 2 rings (SSSR count). The lowest BCUT2D eigenvalue weighted by Crippen LogP contribution is -2.43. The molecule has 1 atom stereocenters. The van der Waals surface area contributed by atoms with Crippen LogP contribution in [-0.2, 0) is 0 Å². The monoisotopic (exact) mass is 248 g/mol. The maximum Gasteiger partial charge on any atom is 0.254 e. The zero-order chi connectivity index (χ0) is 13.1. The summed E-state index contributed by atoms with van der Waals surface area (Å²) in [6, 6.07) is 3.95. The molecule has 1 aliphatic rings. The highest BCUT2D eigenvalue weighted by atomic mass is 16.2. The van der Waals surface area contributed by atoms with Gasteiger partial charge >= 0.3 is 0 Å². The van der Waals surface area contributed by atoms with E-state index in [1.54, 1.807) is 25.2 Å². The molecule has 98 valence electrons. The van der Waals surface area contributed by atoms with Gasteiger partial charge in [-0.05, 0) is 25.0 Å². The van der Waals surface area contributed by atoms with E-state index in [9.17, 15) is 4.79 Å². The molecular weight excluding hydrogens is 228 g/mol. The van der Waals surface area contributed by atoms with Gasteiger partial charge in [0.05, 0.1) is 5.56 Å². The van der Waals surface area contributed by atoms with Crippen LogP contribution in [0.3, 0.4) is 0 Å². The Kier molecular flexibility index (Phi) is 3.81. The first-order valence-corrected chi connectivity index (χ1v) is 6.26. The van der Waals surface area contributed by atoms with Crippen LogP contribution in [0.5, 0.6) is 0 Å². The highest BCUT2D eigenvalue weighted by molar-refractivity contribution is 5.93. The Morgan fingerprint density at radius 3 is 2.83 bits per heavy atom. The largest absolute Gasteiger partial charge is 0.355 e. The van der Waals surface area contributed by atoms with E-state index in [1.165, 1.54) is 0 Å². The Morgan fingerprint density at radius 1 is 1.50 bits per heavy atom. The molecule has 1 aromatic rings. The van der Waals surface area contributed by atoms with Gasteiger partial charge in [0.15, 0.2) is 0 Å². The van der Waals surface area contributed by atoms with Gasteiger partial charge in [-0.1, -0.05) is 0 Å². The molecule has 0 spiro atoms. The molecule has 5 nitrogen and oxygen atoms in total. The number of piperidine rings is 1. The molecule has 2 N–H and O–H groups in total. The number of hydrogen-bond donors (Lipinski definition) is 1. The number of aromatic nitrogens is 1. The summed E-state index contributed by atoms with van der Waals surface area (Å²) in [6.45, 7) is 1.83. The van der Waals surface area contributed by atoms with Gasteiger partial charge in [-0.25, -0.2) is 4.98 Å². The molecule has 0 unspecified atom stereocenters. The van der Waals surface area contributed by atoms with Crippen LogP contribution < -0.4 is 10.6 Å². The molecule has 0 radical (unpaired) electrons. The van der Waals surface area contributed by atoms with Gasteiger partial charge in [-0.3, -0.25) is 4.79 Å². The second-order valence-corrected chi connectivity index (χ2v) is 4.95. The minimum absolute atomic E-state index is 0.0237. The number of carbonyl (C=O) groups excluding carboxylic acids is 1. The van der Waals surface area contributed by atoms with Crippen LogP contribution >= 0.6 is 0 Å². The zero-order valence-electron chi connectivity index (χ0n) is 11.0. The molecule has 0 aromatic carbocycles. The summed E-state index contributed by atoms with van der Waals surface area (Å²) >= 11 is 0. The lowest BCUT2D eigenvalue weighted by atomic mass is 10.1. The number of nitrogens with two attached hydrogens (primary N) is 1. The zero-order valence-corrected chi connectivity index (χ0v) is 11.0. The summed E-state index contributed by atoms with van der Waals surface area (Å²) in [6.07, 6.45) is 3.81. The third-order valence-corrected chi connectivity index (χ3v) is 3.18. The average Bonchev–Trinajstić information content (AvgIpc) is 2.38. The van der Waals surface area contributed by atoms with Crippen LogP contribution in [0.2, 0.25) is 0 Å². The number of amides is 1. The molecule has 18 heavy (non-hydrogen) atoms. The second-order valence-electron chi connectivity index (χ2n) is 4.95. The standard InChI is InChI=1S/C13H20N4O/c1-16(2)13(18)10-5-6-12(15-8-10)17-7-3-4-11(14)9-17/h5-6,8,11H,3-4,7,9,14H2,1-2H3/t11-/m1/s1. The van der Waals surface area contributed by atoms with Crippen molar-refractivity contribution in [2.45, 2.75) is 18.9 Å². The van der Waals surface area contributed by atoms with Crippen LogP contribution in [-0.4, -0.2) is 49.0 Å². The molecule has 1 fully saturated rings. The number of carbonyl (C=O) groups is 1. The minimum Gasteiger partial charge on any atom is -0.355 e. The van der Waals surface area contributed by atoms with Crippen LogP contribution in [0.1, 0.15) is 23.2 Å². The van der Waals surface area contributed by atoms with E-state index in [-0.39, 0.29) is 11.9 Å². The highest BCUT2D eigenvalue weighted by Gasteiger charge is 2.18. The van der Waals surface area contributed by atoms with Crippen molar-refractivity contribution in [3.63, 3.8) is 0 Å². The van der Waals surface area contributed by atoms with E-state index in [2.05, 4.69) is 9.88 Å².